The molecule has 178 valence electrons. The van der Waals surface area contributed by atoms with Gasteiger partial charge in [0.2, 0.25) is 5.88 Å². The molecule has 4 rings (SSSR count). The fourth-order valence-electron chi connectivity index (χ4n) is 3.08. The Hall–Kier alpha value is -4.07. The lowest BCUT2D eigenvalue weighted by Gasteiger charge is -2.14. The van der Waals surface area contributed by atoms with Crippen LogP contribution in [0.25, 0.3) is 11.2 Å². The highest BCUT2D eigenvalue weighted by Gasteiger charge is 2.25. The van der Waals surface area contributed by atoms with E-state index in [1.165, 1.54) is 23.9 Å². The van der Waals surface area contributed by atoms with Crippen LogP contribution in [0.1, 0.15) is 5.56 Å². The molecule has 0 unspecified atom stereocenters. The summed E-state index contributed by atoms with van der Waals surface area (Å²) < 4.78 is 81.8. The van der Waals surface area contributed by atoms with Gasteiger partial charge in [0.25, 0.3) is 10.0 Å². The molecular formula is C20H16F3N5O5S. The third-order valence-electron chi connectivity index (χ3n) is 4.82. The number of nitrogens with one attached hydrogen (secondary N) is 2. The molecule has 0 atom stereocenters. The molecule has 2 N–H and O–H groups in total. The highest BCUT2D eigenvalue weighted by atomic mass is 32.2. The molecule has 34 heavy (non-hydrogen) atoms. The average molecular weight is 495 g/mol. The van der Waals surface area contributed by atoms with Gasteiger partial charge in [0.05, 0.1) is 36.3 Å². The summed E-state index contributed by atoms with van der Waals surface area (Å²) in [5, 5.41) is 0. The van der Waals surface area contributed by atoms with Gasteiger partial charge in [-0.25, -0.2) is 36.4 Å². The number of benzene rings is 1. The maximum Gasteiger partial charge on any atom is 0.327 e. The number of rotatable bonds is 7. The predicted molar refractivity (Wildman–Crippen MR) is 114 cm³/mol. The molecule has 3 heterocycles. The zero-order valence-corrected chi connectivity index (χ0v) is 18.4. The molecule has 0 aliphatic carbocycles. The molecular weight excluding hydrogens is 479 g/mol. The van der Waals surface area contributed by atoms with Crippen LogP contribution in [0.3, 0.4) is 0 Å². The van der Waals surface area contributed by atoms with Crippen molar-refractivity contribution in [2.45, 2.75) is 11.5 Å². The van der Waals surface area contributed by atoms with Crippen molar-refractivity contribution < 1.29 is 31.1 Å². The lowest BCUT2D eigenvalue weighted by Crippen LogP contribution is -2.17. The second kappa shape index (κ2) is 8.70. The van der Waals surface area contributed by atoms with Crippen molar-refractivity contribution in [1.29, 1.82) is 0 Å². The zero-order valence-electron chi connectivity index (χ0n) is 17.6. The molecule has 0 bridgehead atoms. The Morgan fingerprint density at radius 1 is 1.15 bits per heavy atom. The number of pyridine rings is 2. The molecule has 0 fully saturated rings. The van der Waals surface area contributed by atoms with Gasteiger partial charge in [0, 0.05) is 19.2 Å². The van der Waals surface area contributed by atoms with Crippen LogP contribution in [0.5, 0.6) is 11.6 Å². The number of aromatic nitrogens is 4. The van der Waals surface area contributed by atoms with Crippen LogP contribution in [0, 0.1) is 17.5 Å². The molecule has 0 radical (unpaired) electrons. The van der Waals surface area contributed by atoms with E-state index in [0.29, 0.717) is 17.2 Å². The molecule has 0 aliphatic heterocycles. The second-order valence-electron chi connectivity index (χ2n) is 6.97. The van der Waals surface area contributed by atoms with E-state index in [-0.39, 0.29) is 5.75 Å². The Bertz CT molecular complexity index is 1570. The van der Waals surface area contributed by atoms with Crippen molar-refractivity contribution in [3.8, 4) is 11.6 Å². The fourth-order valence-corrected chi connectivity index (χ4v) is 4.27. The molecule has 0 amide bonds. The first-order chi connectivity index (χ1) is 16.1. The fraction of sp³-hybridized carbons (Fsp3) is 0.150. The average Bonchev–Trinajstić information content (AvgIpc) is 3.08. The molecule has 0 saturated carbocycles. The normalized spacial score (nSPS) is 11.6. The number of hydrogen-bond donors (Lipinski definition) is 2. The Morgan fingerprint density at radius 3 is 2.65 bits per heavy atom. The largest absolute Gasteiger partial charge is 0.487 e. The number of fused-ring (bicyclic) bond motifs is 1. The molecule has 0 saturated heterocycles. The van der Waals surface area contributed by atoms with Crippen LogP contribution in [-0.4, -0.2) is 35.0 Å². The smallest absolute Gasteiger partial charge is 0.327 e. The zero-order chi connectivity index (χ0) is 24.6. The molecule has 14 heteroatoms. The van der Waals surface area contributed by atoms with E-state index in [2.05, 4.69) is 15.0 Å². The molecule has 0 spiro atoms. The summed E-state index contributed by atoms with van der Waals surface area (Å²) in [6.45, 7) is -0.621. The summed E-state index contributed by atoms with van der Waals surface area (Å²) in [6, 6.07) is 3.81. The molecule has 0 aliphatic rings. The minimum atomic E-state index is -4.55. The van der Waals surface area contributed by atoms with E-state index in [4.69, 9.17) is 9.47 Å². The quantitative estimate of drug-likeness (QED) is 0.403. The maximum absolute atomic E-state index is 15.0. The Balaban J connectivity index is 1.62. The predicted octanol–water partition coefficient (Wildman–Crippen LogP) is 2.46. The van der Waals surface area contributed by atoms with Crippen molar-refractivity contribution in [1.82, 2.24) is 19.5 Å². The number of halogens is 3. The van der Waals surface area contributed by atoms with Gasteiger partial charge in [-0.05, 0) is 12.1 Å². The van der Waals surface area contributed by atoms with E-state index in [9.17, 15) is 22.0 Å². The number of H-pyrrole nitrogens is 1. The van der Waals surface area contributed by atoms with Crippen molar-refractivity contribution in [2.24, 2.45) is 7.05 Å². The van der Waals surface area contributed by atoms with Crippen molar-refractivity contribution in [3.63, 3.8) is 0 Å². The minimum Gasteiger partial charge on any atom is -0.487 e. The standard InChI is InChI=1S/C20H16F3N5O5S/c1-28-15-6-11(8-24-18(15)26-20(28)29)33-9-12-13(22)3-4-14(17(12)23)27-34(30,31)16-5-10(21)7-25-19(16)32-2/h3-8,27H,9H2,1-2H3,(H,24,26,29). The van der Waals surface area contributed by atoms with Crippen LogP contribution in [0.15, 0.2) is 46.3 Å². The Labute approximate surface area is 190 Å². The van der Waals surface area contributed by atoms with E-state index < -0.39 is 61.8 Å². The number of imidazole rings is 1. The minimum absolute atomic E-state index is 0.113. The third-order valence-corrected chi connectivity index (χ3v) is 6.18. The van der Waals surface area contributed by atoms with Gasteiger partial charge in [-0.1, -0.05) is 0 Å². The van der Waals surface area contributed by atoms with E-state index in [1.54, 1.807) is 0 Å². The lowest BCUT2D eigenvalue weighted by atomic mass is 10.2. The van der Waals surface area contributed by atoms with Crippen LogP contribution < -0.4 is 19.9 Å². The maximum atomic E-state index is 15.0. The van der Waals surface area contributed by atoms with Gasteiger partial charge in [-0.15, -0.1) is 0 Å². The van der Waals surface area contributed by atoms with Crippen LogP contribution in [0.2, 0.25) is 0 Å². The number of anilines is 1. The van der Waals surface area contributed by atoms with Gasteiger partial charge < -0.3 is 9.47 Å². The number of aromatic amines is 1. The summed E-state index contributed by atoms with van der Waals surface area (Å²) in [6.07, 6.45) is 2.01. The molecule has 3 aromatic heterocycles. The molecule has 10 nitrogen and oxygen atoms in total. The van der Waals surface area contributed by atoms with E-state index in [1.807, 2.05) is 4.72 Å². The summed E-state index contributed by atoms with van der Waals surface area (Å²) in [5.41, 5.74) is -0.874. The Kier molecular flexibility index (Phi) is 5.91. The number of sulfonamides is 1. The van der Waals surface area contributed by atoms with Gasteiger partial charge in [0.1, 0.15) is 24.0 Å². The summed E-state index contributed by atoms with van der Waals surface area (Å²) in [5.74, 6) is -3.49. The highest BCUT2D eigenvalue weighted by Crippen LogP contribution is 2.28. The van der Waals surface area contributed by atoms with Gasteiger partial charge in [0.15, 0.2) is 16.4 Å². The number of aryl methyl sites for hydroxylation is 1. The summed E-state index contributed by atoms with van der Waals surface area (Å²) in [7, 11) is -1.92. The number of nitrogens with zero attached hydrogens (tertiary/aromatic N) is 3. The topological polar surface area (TPSA) is 128 Å². The summed E-state index contributed by atoms with van der Waals surface area (Å²) in [4.78, 5) is 21.1. The first kappa shape index (κ1) is 23.1. The lowest BCUT2D eigenvalue weighted by molar-refractivity contribution is 0.292. The number of methoxy groups -OCH3 is 1. The SMILES string of the molecule is COc1ncc(F)cc1S(=O)(=O)Nc1ccc(F)c(COc2cnc3[nH]c(=O)n(C)c3c2)c1F. The number of hydrogen-bond acceptors (Lipinski definition) is 7. The summed E-state index contributed by atoms with van der Waals surface area (Å²) >= 11 is 0. The monoisotopic (exact) mass is 495 g/mol. The van der Waals surface area contributed by atoms with Crippen molar-refractivity contribution >= 4 is 26.9 Å². The van der Waals surface area contributed by atoms with E-state index >= 15 is 4.39 Å². The number of ether oxygens (including phenoxy) is 2. The van der Waals surface area contributed by atoms with Crippen LogP contribution in [-0.2, 0) is 23.7 Å². The second-order valence-corrected chi connectivity index (χ2v) is 8.62. The molecule has 1 aromatic carbocycles. The first-order valence-corrected chi connectivity index (χ1v) is 11.0. The van der Waals surface area contributed by atoms with E-state index in [0.717, 1.165) is 25.4 Å². The van der Waals surface area contributed by atoms with Crippen molar-refractivity contribution in [2.75, 3.05) is 11.8 Å². The van der Waals surface area contributed by atoms with Gasteiger partial charge >= 0.3 is 5.69 Å². The first-order valence-electron chi connectivity index (χ1n) is 9.47. The van der Waals surface area contributed by atoms with Gasteiger partial charge in [-0.2, -0.15) is 0 Å². The van der Waals surface area contributed by atoms with Crippen molar-refractivity contribution in [3.05, 3.63) is 70.2 Å². The Morgan fingerprint density at radius 2 is 1.91 bits per heavy atom. The van der Waals surface area contributed by atoms with Crippen LogP contribution >= 0.6 is 0 Å². The third kappa shape index (κ3) is 4.26. The molecule has 4 aromatic rings. The highest BCUT2D eigenvalue weighted by molar-refractivity contribution is 7.92. The van der Waals surface area contributed by atoms with Gasteiger partial charge in [-0.3, -0.25) is 14.3 Å². The van der Waals surface area contributed by atoms with Crippen LogP contribution in [0.4, 0.5) is 18.9 Å².